The van der Waals surface area contributed by atoms with Crippen LogP contribution in [0.15, 0.2) is 24.3 Å². The second kappa shape index (κ2) is 9.95. The van der Waals surface area contributed by atoms with E-state index < -0.39 is 0 Å². The molecule has 0 bridgehead atoms. The van der Waals surface area contributed by atoms with Crippen molar-refractivity contribution < 1.29 is 9.59 Å². The van der Waals surface area contributed by atoms with E-state index in [-0.39, 0.29) is 42.3 Å². The molecule has 150 valence electrons. The zero-order chi connectivity index (χ0) is 18.5. The number of carbonyl (C=O) groups is 2. The molecule has 27 heavy (non-hydrogen) atoms. The summed E-state index contributed by atoms with van der Waals surface area (Å²) in [6.45, 7) is 3.17. The summed E-state index contributed by atoms with van der Waals surface area (Å²) >= 11 is 0. The minimum Gasteiger partial charge on any atom is -0.353 e. The lowest BCUT2D eigenvalue weighted by atomic mass is 9.90. The van der Waals surface area contributed by atoms with Crippen molar-refractivity contribution in [2.75, 3.05) is 18.4 Å². The number of nitrogens with two attached hydrogens (primary N) is 1. The van der Waals surface area contributed by atoms with Crippen molar-refractivity contribution in [1.82, 2.24) is 10.2 Å². The van der Waals surface area contributed by atoms with Gasteiger partial charge in [0.25, 0.3) is 0 Å². The van der Waals surface area contributed by atoms with Crippen molar-refractivity contribution in [3.63, 3.8) is 0 Å². The Morgan fingerprint density at radius 2 is 1.89 bits per heavy atom. The van der Waals surface area contributed by atoms with Gasteiger partial charge in [-0.3, -0.25) is 4.79 Å². The number of likely N-dealkylation sites (tertiary alicyclic amines) is 1. The van der Waals surface area contributed by atoms with Gasteiger partial charge < -0.3 is 21.3 Å². The Morgan fingerprint density at radius 3 is 2.59 bits per heavy atom. The molecule has 1 unspecified atom stereocenters. The number of benzene rings is 1. The van der Waals surface area contributed by atoms with Crippen LogP contribution >= 0.6 is 12.4 Å². The quantitative estimate of drug-likeness (QED) is 0.736. The van der Waals surface area contributed by atoms with E-state index in [1.807, 2.05) is 31.2 Å². The summed E-state index contributed by atoms with van der Waals surface area (Å²) in [5.74, 6) is -0.0406. The SMILES string of the molecule is Cc1cccc(NC(=O)N2CCCC(C(=O)NC3CCC(N)CC3)C2)c1.Cl. The molecule has 1 atom stereocenters. The lowest BCUT2D eigenvalue weighted by Crippen LogP contribution is -2.49. The Morgan fingerprint density at radius 1 is 1.15 bits per heavy atom. The molecule has 4 N–H and O–H groups in total. The lowest BCUT2D eigenvalue weighted by Gasteiger charge is -2.34. The molecule has 0 aromatic heterocycles. The number of hydrogen-bond acceptors (Lipinski definition) is 3. The molecule has 3 rings (SSSR count). The van der Waals surface area contributed by atoms with Gasteiger partial charge in [-0.05, 0) is 63.1 Å². The third kappa shape index (κ3) is 6.11. The molecule has 2 fully saturated rings. The van der Waals surface area contributed by atoms with Crippen molar-refractivity contribution in [3.8, 4) is 0 Å². The highest BCUT2D eigenvalue weighted by atomic mass is 35.5. The zero-order valence-corrected chi connectivity index (χ0v) is 16.8. The van der Waals surface area contributed by atoms with E-state index >= 15 is 0 Å². The number of piperidine rings is 1. The second-order valence-corrected chi connectivity index (χ2v) is 7.71. The summed E-state index contributed by atoms with van der Waals surface area (Å²) in [7, 11) is 0. The maximum atomic E-state index is 12.6. The molecule has 1 saturated carbocycles. The minimum absolute atomic E-state index is 0. The van der Waals surface area contributed by atoms with Gasteiger partial charge in [-0.2, -0.15) is 0 Å². The number of halogens is 1. The monoisotopic (exact) mass is 394 g/mol. The van der Waals surface area contributed by atoms with Crippen molar-refractivity contribution in [2.45, 2.75) is 57.5 Å². The van der Waals surface area contributed by atoms with Crippen LogP contribution in [0.3, 0.4) is 0 Å². The number of nitrogens with zero attached hydrogens (tertiary/aromatic N) is 1. The zero-order valence-electron chi connectivity index (χ0n) is 15.9. The fourth-order valence-electron chi connectivity index (χ4n) is 3.88. The van der Waals surface area contributed by atoms with Gasteiger partial charge in [0.15, 0.2) is 0 Å². The van der Waals surface area contributed by atoms with Crippen LogP contribution in [0.4, 0.5) is 10.5 Å². The van der Waals surface area contributed by atoms with Crippen LogP contribution < -0.4 is 16.4 Å². The Labute approximate surface area is 167 Å². The molecule has 1 aliphatic heterocycles. The second-order valence-electron chi connectivity index (χ2n) is 7.71. The molecule has 2 aliphatic rings. The van der Waals surface area contributed by atoms with Crippen LogP contribution in [0.2, 0.25) is 0 Å². The van der Waals surface area contributed by atoms with Crippen molar-refractivity contribution in [2.24, 2.45) is 11.7 Å². The first-order valence-electron chi connectivity index (χ1n) is 9.70. The van der Waals surface area contributed by atoms with Crippen LogP contribution in [-0.4, -0.2) is 42.0 Å². The Hall–Kier alpha value is -1.79. The van der Waals surface area contributed by atoms with E-state index in [1.54, 1.807) is 4.90 Å². The maximum Gasteiger partial charge on any atom is 0.321 e. The lowest BCUT2D eigenvalue weighted by molar-refractivity contribution is -0.127. The topological polar surface area (TPSA) is 87.5 Å². The Kier molecular flexibility index (Phi) is 7.92. The number of aryl methyl sites for hydroxylation is 1. The molecule has 7 heteroatoms. The molecule has 1 saturated heterocycles. The fraction of sp³-hybridized carbons (Fsp3) is 0.600. The number of amides is 3. The summed E-state index contributed by atoms with van der Waals surface area (Å²) in [6.07, 6.45) is 5.55. The fourth-order valence-corrected chi connectivity index (χ4v) is 3.88. The molecule has 1 aliphatic carbocycles. The summed E-state index contributed by atoms with van der Waals surface area (Å²) < 4.78 is 0. The number of nitrogens with one attached hydrogen (secondary N) is 2. The van der Waals surface area contributed by atoms with Gasteiger partial charge in [0, 0.05) is 30.9 Å². The summed E-state index contributed by atoms with van der Waals surface area (Å²) in [5, 5.41) is 6.11. The van der Waals surface area contributed by atoms with E-state index in [0.717, 1.165) is 49.8 Å². The third-order valence-electron chi connectivity index (χ3n) is 5.47. The molecule has 1 aromatic carbocycles. The van der Waals surface area contributed by atoms with Crippen LogP contribution in [0, 0.1) is 12.8 Å². The molecular weight excluding hydrogens is 364 g/mol. The van der Waals surface area contributed by atoms with E-state index in [9.17, 15) is 9.59 Å². The van der Waals surface area contributed by atoms with Gasteiger partial charge in [-0.1, -0.05) is 12.1 Å². The largest absolute Gasteiger partial charge is 0.353 e. The first kappa shape index (κ1) is 21.5. The Bertz CT molecular complexity index is 647. The number of carbonyl (C=O) groups excluding carboxylic acids is 2. The minimum atomic E-state index is -0.128. The van der Waals surface area contributed by atoms with E-state index in [2.05, 4.69) is 10.6 Å². The average Bonchev–Trinajstić information content (AvgIpc) is 2.64. The molecular formula is C20H31ClN4O2. The van der Waals surface area contributed by atoms with Crippen molar-refractivity contribution in [1.29, 1.82) is 0 Å². The summed E-state index contributed by atoms with van der Waals surface area (Å²) in [6, 6.07) is 8.13. The van der Waals surface area contributed by atoms with E-state index in [1.165, 1.54) is 0 Å². The predicted octanol–water partition coefficient (Wildman–Crippen LogP) is 3.05. The number of rotatable bonds is 3. The van der Waals surface area contributed by atoms with Gasteiger partial charge in [0.1, 0.15) is 0 Å². The van der Waals surface area contributed by atoms with Gasteiger partial charge in [0.2, 0.25) is 5.91 Å². The average molecular weight is 395 g/mol. The van der Waals surface area contributed by atoms with Crippen molar-refractivity contribution in [3.05, 3.63) is 29.8 Å². The van der Waals surface area contributed by atoms with Crippen LogP contribution in [0.5, 0.6) is 0 Å². The number of anilines is 1. The Balaban J connectivity index is 0.00000261. The third-order valence-corrected chi connectivity index (χ3v) is 5.47. The molecule has 6 nitrogen and oxygen atoms in total. The van der Waals surface area contributed by atoms with E-state index in [0.29, 0.717) is 13.1 Å². The maximum absolute atomic E-state index is 12.6. The smallest absolute Gasteiger partial charge is 0.321 e. The van der Waals surface area contributed by atoms with Crippen molar-refractivity contribution >= 4 is 30.0 Å². The van der Waals surface area contributed by atoms with Crippen LogP contribution in [0.1, 0.15) is 44.1 Å². The molecule has 0 radical (unpaired) electrons. The van der Waals surface area contributed by atoms with Gasteiger partial charge >= 0.3 is 6.03 Å². The standard InChI is InChI=1S/C20H30N4O2.ClH/c1-14-4-2-6-18(12-14)23-20(26)24-11-3-5-15(13-24)19(25)22-17-9-7-16(21)8-10-17;/h2,4,6,12,15-17H,3,5,7-11,13,21H2,1H3,(H,22,25)(H,23,26);1H. The highest BCUT2D eigenvalue weighted by Gasteiger charge is 2.30. The van der Waals surface area contributed by atoms with Crippen LogP contribution in [0.25, 0.3) is 0 Å². The summed E-state index contributed by atoms with van der Waals surface area (Å²) in [4.78, 5) is 26.9. The number of hydrogen-bond donors (Lipinski definition) is 3. The highest BCUT2D eigenvalue weighted by molar-refractivity contribution is 5.90. The summed E-state index contributed by atoms with van der Waals surface area (Å²) in [5.41, 5.74) is 7.83. The predicted molar refractivity (Wildman–Crippen MR) is 110 cm³/mol. The van der Waals surface area contributed by atoms with Gasteiger partial charge in [0.05, 0.1) is 5.92 Å². The first-order chi connectivity index (χ1) is 12.5. The molecule has 0 spiro atoms. The number of urea groups is 1. The highest BCUT2D eigenvalue weighted by Crippen LogP contribution is 2.21. The first-order valence-corrected chi connectivity index (χ1v) is 9.70. The van der Waals surface area contributed by atoms with E-state index in [4.69, 9.17) is 5.73 Å². The van der Waals surface area contributed by atoms with Crippen LogP contribution in [-0.2, 0) is 4.79 Å². The van der Waals surface area contributed by atoms with Gasteiger partial charge in [-0.15, -0.1) is 12.4 Å². The van der Waals surface area contributed by atoms with Gasteiger partial charge in [-0.25, -0.2) is 4.79 Å². The normalized spacial score (nSPS) is 25.3. The molecule has 1 aromatic rings. The molecule has 3 amide bonds. The molecule has 1 heterocycles.